The van der Waals surface area contributed by atoms with Crippen molar-refractivity contribution in [3.8, 4) is 11.4 Å². The van der Waals surface area contributed by atoms with E-state index in [1.165, 1.54) is 18.0 Å². The van der Waals surface area contributed by atoms with Crippen LogP contribution in [-0.2, 0) is 11.2 Å². The van der Waals surface area contributed by atoms with E-state index < -0.39 is 5.82 Å². The lowest BCUT2D eigenvalue weighted by Crippen LogP contribution is -2.32. The first kappa shape index (κ1) is 18.2. The number of methoxy groups -OCH3 is 1. The predicted octanol–water partition coefficient (Wildman–Crippen LogP) is 3.32. The summed E-state index contributed by atoms with van der Waals surface area (Å²) in [7, 11) is 1.44. The van der Waals surface area contributed by atoms with Gasteiger partial charge in [0.25, 0.3) is 0 Å². The van der Waals surface area contributed by atoms with Crippen LogP contribution >= 0.6 is 0 Å². The highest BCUT2D eigenvalue weighted by Crippen LogP contribution is 2.34. The number of hydrogen-bond acceptors (Lipinski definition) is 4. The second-order valence-corrected chi connectivity index (χ2v) is 6.78. The van der Waals surface area contributed by atoms with E-state index in [1.807, 2.05) is 41.3 Å². The molecule has 1 unspecified atom stereocenters. The number of carbonyl (C=O) groups is 1. The molecule has 0 spiro atoms. The molecule has 28 heavy (non-hydrogen) atoms. The highest BCUT2D eigenvalue weighted by atomic mass is 19.1. The number of amides is 1. The zero-order chi connectivity index (χ0) is 19.5. The van der Waals surface area contributed by atoms with Crippen LogP contribution in [0.15, 0.2) is 54.7 Å². The van der Waals surface area contributed by atoms with Crippen molar-refractivity contribution in [1.29, 1.82) is 0 Å². The van der Waals surface area contributed by atoms with Crippen molar-refractivity contribution in [3.05, 3.63) is 71.8 Å². The van der Waals surface area contributed by atoms with Gasteiger partial charge in [0.2, 0.25) is 5.91 Å². The molecule has 1 atom stereocenters. The molecule has 1 aliphatic heterocycles. The van der Waals surface area contributed by atoms with E-state index >= 15 is 0 Å². The van der Waals surface area contributed by atoms with Crippen LogP contribution in [0, 0.1) is 5.82 Å². The SMILES string of the molecule is COc1ccc(C2CCCN2C(=O)Cc2cnn(-c3ccccc3)n2)cc1F. The summed E-state index contributed by atoms with van der Waals surface area (Å²) in [6.45, 7) is 0.657. The number of likely N-dealkylation sites (tertiary alicyclic amines) is 1. The molecule has 0 N–H and O–H groups in total. The molecule has 2 aromatic carbocycles. The molecule has 1 fully saturated rings. The van der Waals surface area contributed by atoms with E-state index in [0.29, 0.717) is 12.2 Å². The lowest BCUT2D eigenvalue weighted by atomic mass is 10.0. The molecule has 0 aliphatic carbocycles. The van der Waals surface area contributed by atoms with E-state index in [4.69, 9.17) is 4.74 Å². The van der Waals surface area contributed by atoms with Crippen molar-refractivity contribution in [1.82, 2.24) is 19.9 Å². The Bertz CT molecular complexity index is 974. The van der Waals surface area contributed by atoms with Crippen LogP contribution in [0.3, 0.4) is 0 Å². The molecular formula is C21H21FN4O2. The molecule has 144 valence electrons. The Morgan fingerprint density at radius 3 is 2.82 bits per heavy atom. The second kappa shape index (κ2) is 7.80. The minimum absolute atomic E-state index is 0.0289. The summed E-state index contributed by atoms with van der Waals surface area (Å²) in [4.78, 5) is 16.2. The summed E-state index contributed by atoms with van der Waals surface area (Å²) >= 11 is 0. The van der Waals surface area contributed by atoms with Crippen LogP contribution in [-0.4, -0.2) is 39.5 Å². The molecule has 4 rings (SSSR count). The highest BCUT2D eigenvalue weighted by molar-refractivity contribution is 5.79. The molecule has 6 nitrogen and oxygen atoms in total. The Morgan fingerprint density at radius 2 is 2.07 bits per heavy atom. The van der Waals surface area contributed by atoms with Crippen LogP contribution in [0.4, 0.5) is 4.39 Å². The van der Waals surface area contributed by atoms with E-state index in [2.05, 4.69) is 10.2 Å². The maximum Gasteiger partial charge on any atom is 0.229 e. The van der Waals surface area contributed by atoms with E-state index in [1.54, 1.807) is 12.3 Å². The van der Waals surface area contributed by atoms with Crippen LogP contribution in [0.5, 0.6) is 5.75 Å². The second-order valence-electron chi connectivity index (χ2n) is 6.78. The van der Waals surface area contributed by atoms with Gasteiger partial charge in [-0.25, -0.2) is 4.39 Å². The Morgan fingerprint density at radius 1 is 1.25 bits per heavy atom. The number of aromatic nitrogens is 3. The predicted molar refractivity (Wildman–Crippen MR) is 102 cm³/mol. The summed E-state index contributed by atoms with van der Waals surface area (Å²) in [6.07, 6.45) is 3.49. The highest BCUT2D eigenvalue weighted by Gasteiger charge is 2.30. The van der Waals surface area contributed by atoms with Gasteiger partial charge in [-0.3, -0.25) is 4.79 Å². The zero-order valence-electron chi connectivity index (χ0n) is 15.6. The molecule has 1 saturated heterocycles. The maximum atomic E-state index is 14.1. The molecule has 0 radical (unpaired) electrons. The van der Waals surface area contributed by atoms with Crippen molar-refractivity contribution in [2.24, 2.45) is 0 Å². The van der Waals surface area contributed by atoms with Crippen LogP contribution in [0.2, 0.25) is 0 Å². The molecule has 1 aliphatic rings. The smallest absolute Gasteiger partial charge is 0.229 e. The number of benzene rings is 2. The first-order chi connectivity index (χ1) is 13.7. The summed E-state index contributed by atoms with van der Waals surface area (Å²) in [5.41, 5.74) is 2.24. The van der Waals surface area contributed by atoms with Gasteiger partial charge in [0.15, 0.2) is 11.6 Å². The number of para-hydroxylation sites is 1. The zero-order valence-corrected chi connectivity index (χ0v) is 15.6. The fourth-order valence-corrected chi connectivity index (χ4v) is 3.62. The van der Waals surface area contributed by atoms with Gasteiger partial charge in [-0.1, -0.05) is 24.3 Å². The number of nitrogens with zero attached hydrogens (tertiary/aromatic N) is 4. The largest absolute Gasteiger partial charge is 0.494 e. The third-order valence-electron chi connectivity index (χ3n) is 4.99. The van der Waals surface area contributed by atoms with E-state index in [0.717, 1.165) is 24.1 Å². The maximum absolute atomic E-state index is 14.1. The average molecular weight is 380 g/mol. The average Bonchev–Trinajstić information content (AvgIpc) is 3.38. The van der Waals surface area contributed by atoms with Gasteiger partial charge in [-0.2, -0.15) is 15.0 Å². The van der Waals surface area contributed by atoms with Gasteiger partial charge in [0.05, 0.1) is 37.2 Å². The molecule has 0 bridgehead atoms. The lowest BCUT2D eigenvalue weighted by molar-refractivity contribution is -0.131. The van der Waals surface area contributed by atoms with Gasteiger partial charge in [0.1, 0.15) is 0 Å². The van der Waals surface area contributed by atoms with Crippen LogP contribution in [0.25, 0.3) is 5.69 Å². The van der Waals surface area contributed by atoms with Gasteiger partial charge < -0.3 is 9.64 Å². The fraction of sp³-hybridized carbons (Fsp3) is 0.286. The molecule has 3 aromatic rings. The molecule has 2 heterocycles. The third-order valence-corrected chi connectivity index (χ3v) is 4.99. The number of halogens is 1. The lowest BCUT2D eigenvalue weighted by Gasteiger charge is -2.25. The fourth-order valence-electron chi connectivity index (χ4n) is 3.62. The van der Waals surface area contributed by atoms with Gasteiger partial charge in [-0.15, -0.1) is 0 Å². The minimum atomic E-state index is -0.412. The standard InChI is InChI=1S/C21H21FN4O2/c1-28-20-10-9-15(12-18(20)22)19-8-5-11-25(19)21(27)13-16-14-23-26(24-16)17-6-3-2-4-7-17/h2-4,6-7,9-10,12,14,19H,5,8,11,13H2,1H3. The Balaban J connectivity index is 1.48. The van der Waals surface area contributed by atoms with Crippen molar-refractivity contribution in [3.63, 3.8) is 0 Å². The van der Waals surface area contributed by atoms with E-state index in [-0.39, 0.29) is 24.1 Å². The molecule has 7 heteroatoms. The first-order valence-corrected chi connectivity index (χ1v) is 9.25. The topological polar surface area (TPSA) is 60.2 Å². The third kappa shape index (κ3) is 3.60. The number of ether oxygens (including phenoxy) is 1. The van der Waals surface area contributed by atoms with Gasteiger partial charge in [0, 0.05) is 6.54 Å². The Labute approximate surface area is 162 Å². The molecule has 0 saturated carbocycles. The minimum Gasteiger partial charge on any atom is -0.494 e. The monoisotopic (exact) mass is 380 g/mol. The Kier molecular flexibility index (Phi) is 5.06. The van der Waals surface area contributed by atoms with Gasteiger partial charge in [-0.05, 0) is 42.7 Å². The van der Waals surface area contributed by atoms with E-state index in [9.17, 15) is 9.18 Å². The number of rotatable bonds is 5. The summed E-state index contributed by atoms with van der Waals surface area (Å²) in [6, 6.07) is 14.3. The molecular weight excluding hydrogens is 359 g/mol. The normalized spacial score (nSPS) is 16.4. The summed E-state index contributed by atoms with van der Waals surface area (Å²) in [5.74, 6) is -0.235. The number of carbonyl (C=O) groups excluding carboxylic acids is 1. The summed E-state index contributed by atoms with van der Waals surface area (Å²) in [5, 5.41) is 8.65. The number of hydrogen-bond donors (Lipinski definition) is 0. The summed E-state index contributed by atoms with van der Waals surface area (Å²) < 4.78 is 19.1. The van der Waals surface area contributed by atoms with Crippen molar-refractivity contribution in [2.75, 3.05) is 13.7 Å². The van der Waals surface area contributed by atoms with Crippen molar-refractivity contribution < 1.29 is 13.9 Å². The molecule has 1 amide bonds. The van der Waals surface area contributed by atoms with Gasteiger partial charge >= 0.3 is 0 Å². The van der Waals surface area contributed by atoms with Crippen LogP contribution < -0.4 is 4.74 Å². The first-order valence-electron chi connectivity index (χ1n) is 9.25. The van der Waals surface area contributed by atoms with Crippen molar-refractivity contribution in [2.45, 2.75) is 25.3 Å². The van der Waals surface area contributed by atoms with Crippen LogP contribution in [0.1, 0.15) is 30.1 Å². The molecule has 1 aromatic heterocycles. The quantitative estimate of drug-likeness (QED) is 0.681. The van der Waals surface area contributed by atoms with Crippen molar-refractivity contribution >= 4 is 5.91 Å². The Hall–Kier alpha value is -3.22.